The van der Waals surface area contributed by atoms with Gasteiger partial charge in [0, 0.05) is 12.0 Å². The molecule has 2 heteroatoms. The molecule has 1 saturated carbocycles. The zero-order valence-corrected chi connectivity index (χ0v) is 3.04. The van der Waals surface area contributed by atoms with Gasteiger partial charge in [-0.2, -0.15) is 0 Å². The lowest BCUT2D eigenvalue weighted by Gasteiger charge is -1.77. The number of hydrogen-bond donors (Lipinski definition) is 0. The van der Waals surface area contributed by atoms with Crippen molar-refractivity contribution >= 4 is 0 Å². The van der Waals surface area contributed by atoms with Crippen LogP contribution in [0.25, 0.3) is 0 Å². The molecule has 0 atom stereocenters. The van der Waals surface area contributed by atoms with Gasteiger partial charge < -0.3 is 0 Å². The normalized spacial score (nSPS) is 27.3. The van der Waals surface area contributed by atoms with Crippen LogP contribution in [-0.2, 0) is 0 Å². The smallest absolute Gasteiger partial charge is 0.201 e. The molecule has 0 spiro atoms. The first-order valence-corrected chi connectivity index (χ1v) is 1.62. The molecule has 1 aliphatic rings. The quantitative estimate of drug-likeness (QED) is 0.420. The van der Waals surface area contributed by atoms with E-state index in [-0.39, 0.29) is 12.0 Å². The van der Waals surface area contributed by atoms with Crippen LogP contribution in [0.4, 0.5) is 8.78 Å². The minimum atomic E-state index is -2.60. The number of alkyl halides is 2. The Hall–Kier alpha value is -0.400. The molecule has 33 valence electrons. The third kappa shape index (κ3) is 0.329. The fraction of sp³-hybridized carbons (Fsp3) is 0.500. The van der Waals surface area contributed by atoms with Gasteiger partial charge in [0.05, 0.1) is 0 Å². The molecule has 0 aromatic heterocycles. The molecular weight excluding hydrogens is 86.0 g/mol. The predicted molar refractivity (Wildman–Crippen MR) is 17.4 cm³/mol. The minimum Gasteiger partial charge on any atom is -0.201 e. The molecule has 1 fully saturated rings. The summed E-state index contributed by atoms with van der Waals surface area (Å²) in [6, 6.07) is 0. The van der Waals surface area contributed by atoms with E-state index in [1.165, 1.54) is 0 Å². The molecule has 1 radical (unpaired) electrons. The van der Waals surface area contributed by atoms with Crippen LogP contribution in [0.15, 0.2) is 5.57 Å². The second-order valence-corrected chi connectivity index (χ2v) is 1.41. The molecule has 0 N–H and O–H groups in total. The van der Waals surface area contributed by atoms with Gasteiger partial charge in [-0.05, 0) is 0 Å². The highest BCUT2D eigenvalue weighted by Crippen LogP contribution is 2.45. The summed E-state index contributed by atoms with van der Waals surface area (Å²) >= 11 is 0. The Labute approximate surface area is 34.5 Å². The van der Waals surface area contributed by atoms with E-state index in [0.717, 1.165) is 0 Å². The number of hydrogen-bond acceptors (Lipinski definition) is 0. The van der Waals surface area contributed by atoms with Crippen LogP contribution < -0.4 is 0 Å². The standard InChI is InChI=1S/C4H3F2/c1-3-2-4(3,5)6/h1H,2H2. The van der Waals surface area contributed by atoms with Crippen molar-refractivity contribution in [1.82, 2.24) is 0 Å². The molecule has 0 aliphatic heterocycles. The summed E-state index contributed by atoms with van der Waals surface area (Å²) in [5, 5.41) is 0. The molecule has 6 heavy (non-hydrogen) atoms. The molecular formula is C4H3F2. The lowest BCUT2D eigenvalue weighted by atomic mass is 10.7. The van der Waals surface area contributed by atoms with E-state index >= 15 is 0 Å². The van der Waals surface area contributed by atoms with Gasteiger partial charge in [0.15, 0.2) is 0 Å². The van der Waals surface area contributed by atoms with E-state index in [0.29, 0.717) is 0 Å². The largest absolute Gasteiger partial charge is 0.273 e. The van der Waals surface area contributed by atoms with Gasteiger partial charge in [0.1, 0.15) is 0 Å². The number of rotatable bonds is 0. The van der Waals surface area contributed by atoms with Crippen molar-refractivity contribution in [2.24, 2.45) is 0 Å². The Morgan fingerprint density at radius 2 is 1.83 bits per heavy atom. The van der Waals surface area contributed by atoms with Crippen LogP contribution >= 0.6 is 0 Å². The van der Waals surface area contributed by atoms with Crippen molar-refractivity contribution in [2.45, 2.75) is 12.3 Å². The first-order valence-electron chi connectivity index (χ1n) is 1.62. The molecule has 0 unspecified atom stereocenters. The maximum absolute atomic E-state index is 11.4. The van der Waals surface area contributed by atoms with Gasteiger partial charge in [-0.25, -0.2) is 8.78 Å². The minimum absolute atomic E-state index is 0.178. The summed E-state index contributed by atoms with van der Waals surface area (Å²) in [5.41, 5.74) is -0.178. The summed E-state index contributed by atoms with van der Waals surface area (Å²) in [5.74, 6) is -2.60. The zero-order chi connectivity index (χ0) is 4.78. The molecule has 0 nitrogen and oxygen atoms in total. The number of allylic oxidation sites excluding steroid dienone is 1. The van der Waals surface area contributed by atoms with Crippen LogP contribution in [0.1, 0.15) is 6.42 Å². The fourth-order valence-corrected chi connectivity index (χ4v) is 0.195. The van der Waals surface area contributed by atoms with Gasteiger partial charge in [-0.3, -0.25) is 0 Å². The summed E-state index contributed by atoms with van der Waals surface area (Å²) in [6.07, 6.45) is -0.201. The molecule has 0 aromatic rings. The lowest BCUT2D eigenvalue weighted by Crippen LogP contribution is -1.81. The summed E-state index contributed by atoms with van der Waals surface area (Å²) in [6.45, 7) is 4.67. The predicted octanol–water partition coefficient (Wildman–Crippen LogP) is 1.38. The Morgan fingerprint density at radius 3 is 1.83 bits per heavy atom. The van der Waals surface area contributed by atoms with E-state index < -0.39 is 5.92 Å². The molecule has 0 bridgehead atoms. The Morgan fingerprint density at radius 1 is 1.67 bits per heavy atom. The highest BCUT2D eigenvalue weighted by Gasteiger charge is 2.49. The topological polar surface area (TPSA) is 0 Å². The average molecular weight is 89.1 g/mol. The van der Waals surface area contributed by atoms with E-state index in [9.17, 15) is 8.78 Å². The van der Waals surface area contributed by atoms with Crippen LogP contribution in [0, 0.1) is 6.58 Å². The summed E-state index contributed by atoms with van der Waals surface area (Å²) < 4.78 is 22.7. The average Bonchev–Trinajstić information content (AvgIpc) is 1.73. The molecule has 1 aliphatic carbocycles. The van der Waals surface area contributed by atoms with E-state index in [2.05, 4.69) is 6.58 Å². The maximum Gasteiger partial charge on any atom is 0.273 e. The molecule has 0 heterocycles. The van der Waals surface area contributed by atoms with Gasteiger partial charge in [0.2, 0.25) is 0 Å². The van der Waals surface area contributed by atoms with Gasteiger partial charge >= 0.3 is 0 Å². The van der Waals surface area contributed by atoms with Crippen molar-refractivity contribution in [3.8, 4) is 0 Å². The lowest BCUT2D eigenvalue weighted by molar-refractivity contribution is 0.136. The van der Waals surface area contributed by atoms with Gasteiger partial charge in [-0.15, -0.1) is 0 Å². The van der Waals surface area contributed by atoms with Crippen molar-refractivity contribution in [2.75, 3.05) is 0 Å². The van der Waals surface area contributed by atoms with Crippen molar-refractivity contribution in [3.63, 3.8) is 0 Å². The summed E-state index contributed by atoms with van der Waals surface area (Å²) in [7, 11) is 0. The molecule has 0 amide bonds. The molecule has 0 aromatic carbocycles. The first kappa shape index (κ1) is 3.78. The highest BCUT2D eigenvalue weighted by atomic mass is 19.3. The SMILES string of the molecule is [CH]=C1CC1(F)F. The second kappa shape index (κ2) is 0.647. The third-order valence-corrected chi connectivity index (χ3v) is 0.757. The van der Waals surface area contributed by atoms with E-state index in [1.807, 2.05) is 0 Å². The Bertz CT molecular complexity index is 93.7. The monoisotopic (exact) mass is 89.0 g/mol. The van der Waals surface area contributed by atoms with E-state index in [1.54, 1.807) is 0 Å². The maximum atomic E-state index is 11.4. The number of halogens is 2. The van der Waals surface area contributed by atoms with Gasteiger partial charge in [0.25, 0.3) is 5.92 Å². The molecule has 1 rings (SSSR count). The summed E-state index contributed by atoms with van der Waals surface area (Å²) in [4.78, 5) is 0. The van der Waals surface area contributed by atoms with Crippen LogP contribution in [0.2, 0.25) is 0 Å². The third-order valence-electron chi connectivity index (χ3n) is 0.757. The van der Waals surface area contributed by atoms with E-state index in [4.69, 9.17) is 0 Å². The van der Waals surface area contributed by atoms with Crippen molar-refractivity contribution < 1.29 is 8.78 Å². The molecule has 0 saturated heterocycles. The van der Waals surface area contributed by atoms with Gasteiger partial charge in [-0.1, -0.05) is 6.58 Å². The van der Waals surface area contributed by atoms with Crippen LogP contribution in [-0.4, -0.2) is 5.92 Å². The Balaban J connectivity index is 2.63. The fourth-order valence-electron chi connectivity index (χ4n) is 0.195. The first-order chi connectivity index (χ1) is 2.63. The van der Waals surface area contributed by atoms with Crippen molar-refractivity contribution in [1.29, 1.82) is 0 Å². The van der Waals surface area contributed by atoms with Crippen LogP contribution in [0.5, 0.6) is 0 Å². The highest BCUT2D eigenvalue weighted by molar-refractivity contribution is 5.25. The Kier molecular flexibility index (Phi) is 0.407. The van der Waals surface area contributed by atoms with Crippen LogP contribution in [0.3, 0.4) is 0 Å². The van der Waals surface area contributed by atoms with Crippen molar-refractivity contribution in [3.05, 3.63) is 12.2 Å². The zero-order valence-electron chi connectivity index (χ0n) is 3.04. The second-order valence-electron chi connectivity index (χ2n) is 1.41.